The lowest BCUT2D eigenvalue weighted by atomic mass is 9.74. The molecule has 0 saturated heterocycles. The second-order valence-corrected chi connectivity index (χ2v) is 4.94. The molecule has 3 heteroatoms. The molecule has 0 unspecified atom stereocenters. The van der Waals surface area contributed by atoms with Crippen molar-refractivity contribution in [3.8, 4) is 6.07 Å². The van der Waals surface area contributed by atoms with Gasteiger partial charge in [-0.2, -0.15) is 5.26 Å². The number of hydrogen-bond donors (Lipinski definition) is 0. The van der Waals surface area contributed by atoms with Crippen molar-refractivity contribution in [1.82, 2.24) is 4.90 Å². The third-order valence-electron chi connectivity index (χ3n) is 3.56. The van der Waals surface area contributed by atoms with E-state index in [1.54, 1.807) is 0 Å². The zero-order valence-electron chi connectivity index (χ0n) is 10.6. The minimum atomic E-state index is -0.724. The van der Waals surface area contributed by atoms with E-state index in [4.69, 9.17) is 0 Å². The molecule has 0 bridgehead atoms. The van der Waals surface area contributed by atoms with Gasteiger partial charge in [0.25, 0.3) is 0 Å². The first kappa shape index (κ1) is 13.0. The highest BCUT2D eigenvalue weighted by Gasteiger charge is 2.42. The second-order valence-electron chi connectivity index (χ2n) is 4.94. The molecule has 0 radical (unpaired) electrons. The van der Waals surface area contributed by atoms with Crippen molar-refractivity contribution in [2.75, 3.05) is 6.54 Å². The molecular formula is C13H22N2O. The molecule has 3 nitrogen and oxygen atoms in total. The van der Waals surface area contributed by atoms with Gasteiger partial charge in [-0.15, -0.1) is 0 Å². The Morgan fingerprint density at radius 2 is 1.94 bits per heavy atom. The number of nitrogens with zero attached hydrogens (tertiary/aromatic N) is 2. The lowest BCUT2D eigenvalue weighted by Crippen LogP contribution is -2.47. The Morgan fingerprint density at radius 1 is 1.38 bits per heavy atom. The molecule has 16 heavy (non-hydrogen) atoms. The molecule has 1 rings (SSSR count). The van der Waals surface area contributed by atoms with Crippen LogP contribution in [-0.4, -0.2) is 23.4 Å². The quantitative estimate of drug-likeness (QED) is 0.737. The van der Waals surface area contributed by atoms with Gasteiger partial charge in [0.1, 0.15) is 5.41 Å². The van der Waals surface area contributed by atoms with Crippen LogP contribution in [0.15, 0.2) is 0 Å². The molecule has 0 aromatic rings. The van der Waals surface area contributed by atoms with E-state index in [2.05, 4.69) is 6.07 Å². The predicted molar refractivity (Wildman–Crippen MR) is 63.7 cm³/mol. The van der Waals surface area contributed by atoms with E-state index in [-0.39, 0.29) is 11.9 Å². The van der Waals surface area contributed by atoms with Gasteiger partial charge in [0.2, 0.25) is 5.91 Å². The van der Waals surface area contributed by atoms with Crippen LogP contribution < -0.4 is 0 Å². The van der Waals surface area contributed by atoms with E-state index in [9.17, 15) is 10.1 Å². The highest BCUT2D eigenvalue weighted by Crippen LogP contribution is 2.37. The zero-order chi connectivity index (χ0) is 12.2. The van der Waals surface area contributed by atoms with Crippen LogP contribution in [0.3, 0.4) is 0 Å². The topological polar surface area (TPSA) is 44.1 Å². The summed E-state index contributed by atoms with van der Waals surface area (Å²) < 4.78 is 0. The number of carbonyl (C=O) groups excluding carboxylic acids is 1. The molecule has 0 spiro atoms. The average Bonchev–Trinajstić information content (AvgIpc) is 2.30. The maximum Gasteiger partial charge on any atom is 0.243 e. The third-order valence-corrected chi connectivity index (χ3v) is 3.56. The molecule has 0 aromatic carbocycles. The maximum atomic E-state index is 12.4. The van der Waals surface area contributed by atoms with Gasteiger partial charge in [0, 0.05) is 12.6 Å². The Morgan fingerprint density at radius 3 is 2.31 bits per heavy atom. The van der Waals surface area contributed by atoms with Gasteiger partial charge in [-0.3, -0.25) is 4.79 Å². The molecule has 0 aromatic heterocycles. The molecule has 1 aliphatic rings. The van der Waals surface area contributed by atoms with E-state index < -0.39 is 5.41 Å². The van der Waals surface area contributed by atoms with Crippen molar-refractivity contribution in [3.63, 3.8) is 0 Å². The summed E-state index contributed by atoms with van der Waals surface area (Å²) in [5.74, 6) is 0.0483. The number of carbonyl (C=O) groups is 1. The average molecular weight is 222 g/mol. The first-order valence-electron chi connectivity index (χ1n) is 6.29. The normalized spacial score (nSPS) is 19.2. The van der Waals surface area contributed by atoms with Crippen LogP contribution >= 0.6 is 0 Å². The summed E-state index contributed by atoms with van der Waals surface area (Å²) in [6.07, 6.45) is 4.66. The summed E-state index contributed by atoms with van der Waals surface area (Å²) in [6, 6.07) is 2.48. The van der Waals surface area contributed by atoms with Gasteiger partial charge in [-0.1, -0.05) is 19.3 Å². The van der Waals surface area contributed by atoms with Crippen molar-refractivity contribution >= 4 is 5.91 Å². The maximum absolute atomic E-state index is 12.4. The molecule has 90 valence electrons. The predicted octanol–water partition coefficient (Wildman–Crippen LogP) is 2.72. The van der Waals surface area contributed by atoms with Crippen molar-refractivity contribution in [2.24, 2.45) is 5.41 Å². The molecule has 1 amide bonds. The standard InChI is InChI=1S/C13H22N2O/c1-4-15(11(2)3)12(16)13(10-14)8-6-5-7-9-13/h11H,4-9H2,1-3H3. The van der Waals surface area contributed by atoms with Gasteiger partial charge >= 0.3 is 0 Å². The van der Waals surface area contributed by atoms with E-state index in [0.717, 1.165) is 32.1 Å². The van der Waals surface area contributed by atoms with Crippen LogP contribution in [0, 0.1) is 16.7 Å². The van der Waals surface area contributed by atoms with Gasteiger partial charge in [0.05, 0.1) is 6.07 Å². The van der Waals surface area contributed by atoms with E-state index in [1.807, 2.05) is 25.7 Å². The molecule has 0 N–H and O–H groups in total. The highest BCUT2D eigenvalue weighted by molar-refractivity contribution is 5.85. The Bertz CT molecular complexity index is 285. The SMILES string of the molecule is CCN(C(=O)C1(C#N)CCCCC1)C(C)C. The fourth-order valence-corrected chi connectivity index (χ4v) is 2.55. The fourth-order valence-electron chi connectivity index (χ4n) is 2.55. The van der Waals surface area contributed by atoms with Crippen LogP contribution in [0.4, 0.5) is 0 Å². The Kier molecular flexibility index (Phi) is 4.35. The van der Waals surface area contributed by atoms with Crippen LogP contribution in [0.1, 0.15) is 52.9 Å². The van der Waals surface area contributed by atoms with Crippen molar-refractivity contribution in [3.05, 3.63) is 0 Å². The highest BCUT2D eigenvalue weighted by atomic mass is 16.2. The lowest BCUT2D eigenvalue weighted by molar-refractivity contribution is -0.142. The third kappa shape index (κ3) is 2.37. The molecular weight excluding hydrogens is 200 g/mol. The van der Waals surface area contributed by atoms with Crippen LogP contribution in [-0.2, 0) is 4.79 Å². The monoisotopic (exact) mass is 222 g/mol. The largest absolute Gasteiger partial charge is 0.339 e. The first-order chi connectivity index (χ1) is 7.57. The summed E-state index contributed by atoms with van der Waals surface area (Å²) in [5, 5.41) is 9.34. The molecule has 0 heterocycles. The van der Waals surface area contributed by atoms with E-state index in [0.29, 0.717) is 6.54 Å². The van der Waals surface area contributed by atoms with Crippen LogP contribution in [0.25, 0.3) is 0 Å². The van der Waals surface area contributed by atoms with Crippen molar-refractivity contribution < 1.29 is 4.79 Å². The Labute approximate surface area is 98.4 Å². The van der Waals surface area contributed by atoms with Crippen LogP contribution in [0.5, 0.6) is 0 Å². The summed E-state index contributed by atoms with van der Waals surface area (Å²) in [7, 11) is 0. The molecule has 1 fully saturated rings. The summed E-state index contributed by atoms with van der Waals surface area (Å²) in [6.45, 7) is 6.69. The number of amides is 1. The summed E-state index contributed by atoms with van der Waals surface area (Å²) in [4.78, 5) is 14.3. The minimum Gasteiger partial charge on any atom is -0.339 e. The lowest BCUT2D eigenvalue weighted by Gasteiger charge is -2.36. The minimum absolute atomic E-state index is 0.0483. The van der Waals surface area contributed by atoms with Crippen molar-refractivity contribution in [2.45, 2.75) is 58.9 Å². The summed E-state index contributed by atoms with van der Waals surface area (Å²) >= 11 is 0. The number of hydrogen-bond acceptors (Lipinski definition) is 2. The van der Waals surface area contributed by atoms with E-state index >= 15 is 0 Å². The Hall–Kier alpha value is -1.04. The first-order valence-corrected chi connectivity index (χ1v) is 6.29. The summed E-state index contributed by atoms with van der Waals surface area (Å²) in [5.41, 5.74) is -0.724. The van der Waals surface area contributed by atoms with Gasteiger partial charge in [-0.05, 0) is 33.6 Å². The molecule has 1 saturated carbocycles. The molecule has 0 atom stereocenters. The van der Waals surface area contributed by atoms with Crippen molar-refractivity contribution in [1.29, 1.82) is 5.26 Å². The second kappa shape index (κ2) is 5.34. The van der Waals surface area contributed by atoms with E-state index in [1.165, 1.54) is 0 Å². The zero-order valence-corrected chi connectivity index (χ0v) is 10.6. The smallest absolute Gasteiger partial charge is 0.243 e. The van der Waals surface area contributed by atoms with Gasteiger partial charge in [0.15, 0.2) is 0 Å². The van der Waals surface area contributed by atoms with Crippen LogP contribution in [0.2, 0.25) is 0 Å². The number of nitriles is 1. The molecule has 0 aliphatic heterocycles. The molecule has 1 aliphatic carbocycles. The number of rotatable bonds is 3. The fraction of sp³-hybridized carbons (Fsp3) is 0.846. The van der Waals surface area contributed by atoms with Gasteiger partial charge < -0.3 is 4.90 Å². The van der Waals surface area contributed by atoms with Gasteiger partial charge in [-0.25, -0.2) is 0 Å². The Balaban J connectivity index is 2.87.